The maximum absolute atomic E-state index is 14.1. The van der Waals surface area contributed by atoms with E-state index in [9.17, 15) is 18.3 Å². The average Bonchev–Trinajstić information content (AvgIpc) is 2.88. The van der Waals surface area contributed by atoms with Crippen molar-refractivity contribution in [1.82, 2.24) is 15.1 Å². The van der Waals surface area contributed by atoms with Crippen molar-refractivity contribution in [2.24, 2.45) is 16.5 Å². The molecule has 3 rings (SSSR count). The molecule has 39 heavy (non-hydrogen) atoms. The average molecular weight is 542 g/mol. The van der Waals surface area contributed by atoms with Gasteiger partial charge in [0.05, 0.1) is 22.4 Å². The second kappa shape index (κ2) is 12.7. The van der Waals surface area contributed by atoms with Crippen LogP contribution in [0.5, 0.6) is 5.75 Å². The Hall–Kier alpha value is -4.01. The van der Waals surface area contributed by atoms with Crippen molar-refractivity contribution in [3.8, 4) is 28.7 Å². The van der Waals surface area contributed by atoms with Crippen LogP contribution in [0.1, 0.15) is 23.6 Å². The standard InChI is InChI=1S/C28H34F3N7O/c1-4-36-27(35-2)25(26(33)34)23(32)9-7-20-15-18(8-10-24(20)39)19-5-6-21(22(16-19)28(29,30)31)17-38-13-11-37(3)12-14-38/h5-6,8,10,15-16,39H,4,11-14,17,32H2,1-3H3,(H3,33,34)(H,35,36)/b25-23-. The van der Waals surface area contributed by atoms with Crippen LogP contribution in [-0.2, 0) is 12.7 Å². The van der Waals surface area contributed by atoms with Gasteiger partial charge in [0.25, 0.3) is 0 Å². The molecule has 1 fully saturated rings. The Kier molecular flexibility index (Phi) is 9.61. The van der Waals surface area contributed by atoms with Crippen molar-refractivity contribution in [2.45, 2.75) is 19.6 Å². The molecule has 1 saturated heterocycles. The fraction of sp³-hybridized carbons (Fsp3) is 0.357. The van der Waals surface area contributed by atoms with Crippen molar-refractivity contribution in [3.63, 3.8) is 0 Å². The number of phenolic OH excluding ortho intramolecular Hbond substituents is 1. The molecule has 208 valence electrons. The molecule has 7 N–H and O–H groups in total. The third-order valence-corrected chi connectivity index (χ3v) is 6.41. The van der Waals surface area contributed by atoms with Crippen molar-refractivity contribution in [2.75, 3.05) is 46.8 Å². The molecule has 0 radical (unpaired) electrons. The molecular weight excluding hydrogens is 507 g/mol. The normalized spacial score (nSPS) is 15.8. The smallest absolute Gasteiger partial charge is 0.416 e. The van der Waals surface area contributed by atoms with E-state index in [-0.39, 0.29) is 40.5 Å². The fourth-order valence-corrected chi connectivity index (χ4v) is 4.26. The summed E-state index contributed by atoms with van der Waals surface area (Å²) in [7, 11) is 3.51. The lowest BCUT2D eigenvalue weighted by molar-refractivity contribution is -0.138. The van der Waals surface area contributed by atoms with Gasteiger partial charge in [-0.2, -0.15) is 13.2 Å². The third-order valence-electron chi connectivity index (χ3n) is 6.41. The highest BCUT2D eigenvalue weighted by molar-refractivity contribution is 6.22. The zero-order chi connectivity index (χ0) is 28.7. The highest BCUT2D eigenvalue weighted by Gasteiger charge is 2.34. The van der Waals surface area contributed by atoms with Gasteiger partial charge in [0.1, 0.15) is 17.4 Å². The summed E-state index contributed by atoms with van der Waals surface area (Å²) in [6.07, 6.45) is -4.52. The highest BCUT2D eigenvalue weighted by Crippen LogP contribution is 2.36. The maximum atomic E-state index is 14.1. The minimum absolute atomic E-state index is 0.0403. The maximum Gasteiger partial charge on any atom is 0.416 e. The molecule has 8 nitrogen and oxygen atoms in total. The van der Waals surface area contributed by atoms with Crippen LogP contribution in [0.25, 0.3) is 11.1 Å². The number of hydrogen-bond donors (Lipinski definition) is 5. The summed E-state index contributed by atoms with van der Waals surface area (Å²) in [4.78, 5) is 8.23. The molecule has 1 aliphatic heterocycles. The summed E-state index contributed by atoms with van der Waals surface area (Å²) < 4.78 is 42.2. The van der Waals surface area contributed by atoms with E-state index in [0.717, 1.165) is 19.2 Å². The first-order valence-corrected chi connectivity index (χ1v) is 12.5. The van der Waals surface area contributed by atoms with Crippen molar-refractivity contribution in [3.05, 3.63) is 64.4 Å². The minimum atomic E-state index is -4.52. The second-order valence-electron chi connectivity index (χ2n) is 9.24. The number of benzene rings is 2. The van der Waals surface area contributed by atoms with Crippen molar-refractivity contribution >= 4 is 11.7 Å². The van der Waals surface area contributed by atoms with E-state index < -0.39 is 11.7 Å². The first-order chi connectivity index (χ1) is 18.4. The number of phenols is 1. The number of rotatable bonds is 6. The lowest BCUT2D eigenvalue weighted by Gasteiger charge is -2.33. The molecule has 1 heterocycles. The highest BCUT2D eigenvalue weighted by atomic mass is 19.4. The van der Waals surface area contributed by atoms with Gasteiger partial charge in [-0.1, -0.05) is 24.1 Å². The topological polar surface area (TPSA) is 127 Å². The molecule has 1 aliphatic rings. The summed E-state index contributed by atoms with van der Waals surface area (Å²) in [5, 5.41) is 21.2. The summed E-state index contributed by atoms with van der Waals surface area (Å²) in [6, 6.07) is 8.69. The van der Waals surface area contributed by atoms with Crippen LogP contribution in [-0.4, -0.2) is 73.4 Å². The van der Waals surface area contributed by atoms with Crippen LogP contribution < -0.4 is 16.8 Å². The van der Waals surface area contributed by atoms with Crippen LogP contribution in [0.15, 0.2) is 52.7 Å². The quantitative estimate of drug-likeness (QED) is 0.217. The Morgan fingerprint density at radius 3 is 2.33 bits per heavy atom. The molecular formula is C28H34F3N7O. The SMILES string of the molecule is CCNC(=NC)/C(C(=N)N)=C(\N)C#Cc1cc(-c2ccc(CN3CCN(C)CC3)c(C(F)(F)F)c2)ccc1O. The summed E-state index contributed by atoms with van der Waals surface area (Å²) in [5.74, 6) is 5.22. The predicted octanol–water partition coefficient (Wildman–Crippen LogP) is 2.96. The Bertz CT molecular complexity index is 1330. The number of aromatic hydroxyl groups is 1. The van der Waals surface area contributed by atoms with Gasteiger partial charge in [-0.3, -0.25) is 15.3 Å². The molecule has 2 aromatic rings. The molecule has 0 aliphatic carbocycles. The Labute approximate surface area is 226 Å². The number of halogens is 3. The Morgan fingerprint density at radius 2 is 1.74 bits per heavy atom. The minimum Gasteiger partial charge on any atom is -0.507 e. The number of likely N-dealkylation sites (N-methyl/N-ethyl adjacent to an activating group) is 2. The number of nitrogens with zero attached hydrogens (tertiary/aromatic N) is 3. The first-order valence-electron chi connectivity index (χ1n) is 12.5. The molecule has 0 atom stereocenters. The Morgan fingerprint density at radius 1 is 1.10 bits per heavy atom. The number of hydrogen-bond acceptors (Lipinski definition) is 6. The number of amidine groups is 2. The lowest BCUT2D eigenvalue weighted by Crippen LogP contribution is -2.44. The molecule has 0 saturated carbocycles. The summed E-state index contributed by atoms with van der Waals surface area (Å²) >= 11 is 0. The number of alkyl halides is 3. The fourth-order valence-electron chi connectivity index (χ4n) is 4.26. The van der Waals surface area contributed by atoms with Crippen LogP contribution in [0.3, 0.4) is 0 Å². The molecule has 0 unspecified atom stereocenters. The second-order valence-corrected chi connectivity index (χ2v) is 9.24. The Balaban J connectivity index is 1.98. The van der Waals surface area contributed by atoms with Crippen molar-refractivity contribution < 1.29 is 18.3 Å². The van der Waals surface area contributed by atoms with Gasteiger partial charge in [-0.25, -0.2) is 0 Å². The van der Waals surface area contributed by atoms with Crippen molar-refractivity contribution in [1.29, 1.82) is 5.41 Å². The van der Waals surface area contributed by atoms with Gasteiger partial charge in [0.15, 0.2) is 0 Å². The van der Waals surface area contributed by atoms with E-state index in [4.69, 9.17) is 16.9 Å². The van der Waals surface area contributed by atoms with E-state index in [0.29, 0.717) is 36.6 Å². The van der Waals surface area contributed by atoms with Gasteiger partial charge in [-0.15, -0.1) is 0 Å². The van der Waals surface area contributed by atoms with E-state index >= 15 is 0 Å². The monoisotopic (exact) mass is 541 g/mol. The van der Waals surface area contributed by atoms with Crippen LogP contribution in [0.4, 0.5) is 13.2 Å². The van der Waals surface area contributed by atoms with Gasteiger partial charge < -0.3 is 26.8 Å². The summed E-state index contributed by atoms with van der Waals surface area (Å²) in [5.41, 5.74) is 12.3. The van der Waals surface area contributed by atoms with Gasteiger partial charge in [0.2, 0.25) is 0 Å². The number of allylic oxidation sites excluding steroid dienone is 1. The van der Waals surface area contributed by atoms with Gasteiger partial charge in [0, 0.05) is 46.3 Å². The molecule has 0 amide bonds. The molecule has 0 bridgehead atoms. The number of aliphatic imine (C=N–C) groups is 1. The first kappa shape index (κ1) is 29.5. The van der Waals surface area contributed by atoms with Crippen LogP contribution >= 0.6 is 0 Å². The largest absolute Gasteiger partial charge is 0.507 e. The molecule has 11 heteroatoms. The van der Waals surface area contributed by atoms with E-state index in [2.05, 4.69) is 27.0 Å². The van der Waals surface area contributed by atoms with E-state index in [1.807, 2.05) is 18.9 Å². The number of nitrogens with one attached hydrogen (secondary N) is 2. The molecule has 0 spiro atoms. The van der Waals surface area contributed by atoms with Gasteiger partial charge >= 0.3 is 6.18 Å². The van der Waals surface area contributed by atoms with Crippen LogP contribution in [0, 0.1) is 17.3 Å². The van der Waals surface area contributed by atoms with E-state index in [1.165, 1.54) is 31.3 Å². The zero-order valence-electron chi connectivity index (χ0n) is 22.3. The third kappa shape index (κ3) is 7.52. The summed E-state index contributed by atoms with van der Waals surface area (Å²) in [6.45, 7) is 5.61. The number of piperazine rings is 1. The number of nitrogens with two attached hydrogens (primary N) is 2. The van der Waals surface area contributed by atoms with Gasteiger partial charge in [-0.05, 0) is 54.8 Å². The van der Waals surface area contributed by atoms with E-state index in [1.54, 1.807) is 6.07 Å². The molecule has 0 aromatic heterocycles. The molecule has 2 aromatic carbocycles. The van der Waals surface area contributed by atoms with Crippen LogP contribution in [0.2, 0.25) is 0 Å². The predicted molar refractivity (Wildman–Crippen MR) is 148 cm³/mol. The zero-order valence-corrected chi connectivity index (χ0v) is 22.3. The lowest BCUT2D eigenvalue weighted by atomic mass is 9.96.